The molecule has 1 fully saturated rings. The van der Waals surface area contributed by atoms with Crippen molar-refractivity contribution in [1.29, 1.82) is 0 Å². The topological polar surface area (TPSA) is 98.8 Å². The first-order chi connectivity index (χ1) is 11.6. The number of hydrogen-bond acceptors (Lipinski definition) is 8. The van der Waals surface area contributed by atoms with Crippen LogP contribution in [0.25, 0.3) is 10.2 Å². The Morgan fingerprint density at radius 2 is 2.08 bits per heavy atom. The molecule has 0 amide bonds. The zero-order valence-electron chi connectivity index (χ0n) is 12.7. The van der Waals surface area contributed by atoms with E-state index < -0.39 is 0 Å². The second kappa shape index (κ2) is 6.32. The first-order valence-corrected chi connectivity index (χ1v) is 9.05. The summed E-state index contributed by atoms with van der Waals surface area (Å²) < 4.78 is 7.16. The standard InChI is InChI=1S/C15H15BrN6OS/c16-11-10(5-15(17)7-23-8-15)24-13-12(11)20-22-21-14(13)19-6-9-1-3-18-4-2-9/h1-4H,5-8,17H2,(H,19,20,21). The van der Waals surface area contributed by atoms with Gasteiger partial charge in [-0.2, -0.15) is 0 Å². The molecule has 0 bridgehead atoms. The van der Waals surface area contributed by atoms with E-state index in [9.17, 15) is 0 Å². The van der Waals surface area contributed by atoms with Crippen molar-refractivity contribution in [2.24, 2.45) is 5.73 Å². The number of fused-ring (bicyclic) bond motifs is 1. The van der Waals surface area contributed by atoms with Crippen LogP contribution in [0.3, 0.4) is 0 Å². The SMILES string of the molecule is NC1(Cc2sc3c(NCc4ccncc4)nnnc3c2Br)COC1. The molecule has 9 heteroatoms. The molecule has 1 aliphatic heterocycles. The maximum absolute atomic E-state index is 6.29. The molecule has 7 nitrogen and oxygen atoms in total. The van der Waals surface area contributed by atoms with E-state index in [4.69, 9.17) is 10.5 Å². The average Bonchev–Trinajstić information content (AvgIpc) is 2.89. The fourth-order valence-electron chi connectivity index (χ4n) is 2.56. The average molecular weight is 407 g/mol. The van der Waals surface area contributed by atoms with Crippen LogP contribution in [0.1, 0.15) is 10.4 Å². The van der Waals surface area contributed by atoms with Gasteiger partial charge in [-0.1, -0.05) is 0 Å². The van der Waals surface area contributed by atoms with Crippen LogP contribution in [0.5, 0.6) is 0 Å². The van der Waals surface area contributed by atoms with Crippen LogP contribution in [0.15, 0.2) is 29.0 Å². The number of halogens is 1. The van der Waals surface area contributed by atoms with E-state index in [0.717, 1.165) is 37.4 Å². The Balaban J connectivity index is 1.62. The lowest BCUT2D eigenvalue weighted by Crippen LogP contribution is -2.58. The molecule has 0 atom stereocenters. The van der Waals surface area contributed by atoms with Gasteiger partial charge in [-0.15, -0.1) is 21.5 Å². The highest BCUT2D eigenvalue weighted by Gasteiger charge is 2.35. The quantitative estimate of drug-likeness (QED) is 0.669. The van der Waals surface area contributed by atoms with E-state index >= 15 is 0 Å². The van der Waals surface area contributed by atoms with E-state index in [-0.39, 0.29) is 5.54 Å². The predicted molar refractivity (Wildman–Crippen MR) is 95.9 cm³/mol. The molecule has 24 heavy (non-hydrogen) atoms. The number of nitrogens with two attached hydrogens (primary N) is 1. The molecule has 3 aromatic heterocycles. The molecule has 0 aliphatic carbocycles. The second-order valence-corrected chi connectivity index (χ2v) is 7.79. The van der Waals surface area contributed by atoms with E-state index in [1.807, 2.05) is 12.1 Å². The van der Waals surface area contributed by atoms with E-state index in [2.05, 4.69) is 41.6 Å². The fourth-order valence-corrected chi connectivity index (χ4v) is 4.59. The monoisotopic (exact) mass is 406 g/mol. The lowest BCUT2D eigenvalue weighted by Gasteiger charge is -2.37. The first-order valence-electron chi connectivity index (χ1n) is 7.44. The van der Waals surface area contributed by atoms with Gasteiger partial charge < -0.3 is 15.8 Å². The third-order valence-electron chi connectivity index (χ3n) is 3.90. The maximum atomic E-state index is 6.29. The van der Waals surface area contributed by atoms with Crippen molar-refractivity contribution in [3.05, 3.63) is 39.4 Å². The summed E-state index contributed by atoms with van der Waals surface area (Å²) in [5.41, 5.74) is 7.94. The number of ether oxygens (including phenoxy) is 1. The smallest absolute Gasteiger partial charge is 0.170 e. The van der Waals surface area contributed by atoms with Crippen molar-refractivity contribution in [3.8, 4) is 0 Å². The zero-order valence-corrected chi connectivity index (χ0v) is 15.1. The van der Waals surface area contributed by atoms with Gasteiger partial charge in [0.25, 0.3) is 0 Å². The van der Waals surface area contributed by atoms with Gasteiger partial charge in [0.2, 0.25) is 0 Å². The number of aromatic nitrogens is 4. The molecular formula is C15H15BrN6OS. The molecule has 1 aliphatic rings. The van der Waals surface area contributed by atoms with Gasteiger partial charge in [0.05, 0.1) is 23.2 Å². The molecule has 4 heterocycles. The third-order valence-corrected chi connectivity index (χ3v) is 6.20. The van der Waals surface area contributed by atoms with Crippen molar-refractivity contribution < 1.29 is 4.74 Å². The number of thiophene rings is 1. The lowest BCUT2D eigenvalue weighted by molar-refractivity contribution is -0.0526. The van der Waals surface area contributed by atoms with Crippen LogP contribution in [0.2, 0.25) is 0 Å². The molecule has 0 saturated carbocycles. The molecule has 0 radical (unpaired) electrons. The van der Waals surface area contributed by atoms with Crippen molar-refractivity contribution >= 4 is 43.3 Å². The second-order valence-electron chi connectivity index (χ2n) is 5.90. The number of anilines is 1. The minimum Gasteiger partial charge on any atom is -0.377 e. The Labute approximate surface area is 150 Å². The summed E-state index contributed by atoms with van der Waals surface area (Å²) in [6.45, 7) is 1.82. The lowest BCUT2D eigenvalue weighted by atomic mass is 9.94. The molecule has 0 unspecified atom stereocenters. The van der Waals surface area contributed by atoms with E-state index in [0.29, 0.717) is 19.8 Å². The molecule has 4 rings (SSSR count). The maximum Gasteiger partial charge on any atom is 0.170 e. The Bertz CT molecular complexity index is 867. The molecule has 3 aromatic rings. The molecule has 0 aromatic carbocycles. The minimum atomic E-state index is -0.283. The Hall–Kier alpha value is -1.68. The summed E-state index contributed by atoms with van der Waals surface area (Å²) in [4.78, 5) is 5.16. The van der Waals surface area contributed by atoms with Crippen LogP contribution in [0, 0.1) is 0 Å². The van der Waals surface area contributed by atoms with Gasteiger partial charge in [-0.3, -0.25) is 4.98 Å². The number of nitrogens with one attached hydrogen (secondary N) is 1. The minimum absolute atomic E-state index is 0.283. The molecule has 124 valence electrons. The summed E-state index contributed by atoms with van der Waals surface area (Å²) in [5, 5.41) is 15.5. The van der Waals surface area contributed by atoms with Gasteiger partial charge in [0, 0.05) is 30.2 Å². The molecular weight excluding hydrogens is 392 g/mol. The predicted octanol–water partition coefficient (Wildman–Crippen LogP) is 2.13. The van der Waals surface area contributed by atoms with Crippen molar-refractivity contribution in [2.45, 2.75) is 18.5 Å². The number of hydrogen-bond donors (Lipinski definition) is 2. The van der Waals surface area contributed by atoms with Gasteiger partial charge in [-0.05, 0) is 38.8 Å². The highest BCUT2D eigenvalue weighted by atomic mass is 79.9. The first kappa shape index (κ1) is 15.8. The summed E-state index contributed by atoms with van der Waals surface area (Å²) in [6.07, 6.45) is 4.29. The largest absolute Gasteiger partial charge is 0.377 e. The van der Waals surface area contributed by atoms with Crippen LogP contribution in [-0.2, 0) is 17.7 Å². The Kier molecular flexibility index (Phi) is 4.17. The van der Waals surface area contributed by atoms with Gasteiger partial charge in [0.15, 0.2) is 5.82 Å². The summed E-state index contributed by atoms with van der Waals surface area (Å²) in [7, 11) is 0. The summed E-state index contributed by atoms with van der Waals surface area (Å²) in [6, 6.07) is 3.92. The highest BCUT2D eigenvalue weighted by molar-refractivity contribution is 9.10. The van der Waals surface area contributed by atoms with Crippen molar-refractivity contribution in [2.75, 3.05) is 18.5 Å². The molecule has 3 N–H and O–H groups in total. The number of nitrogens with zero attached hydrogens (tertiary/aromatic N) is 4. The van der Waals surface area contributed by atoms with Crippen molar-refractivity contribution in [3.63, 3.8) is 0 Å². The Morgan fingerprint density at radius 3 is 2.79 bits per heavy atom. The van der Waals surface area contributed by atoms with Gasteiger partial charge in [0.1, 0.15) is 10.2 Å². The van der Waals surface area contributed by atoms with Gasteiger partial charge in [-0.25, -0.2) is 0 Å². The third kappa shape index (κ3) is 3.00. The Morgan fingerprint density at radius 1 is 1.29 bits per heavy atom. The van der Waals surface area contributed by atoms with E-state index in [1.54, 1.807) is 23.7 Å². The van der Waals surface area contributed by atoms with Crippen molar-refractivity contribution in [1.82, 2.24) is 20.4 Å². The van der Waals surface area contributed by atoms with Crippen LogP contribution in [-0.4, -0.2) is 39.1 Å². The summed E-state index contributed by atoms with van der Waals surface area (Å²) in [5.74, 6) is 0.727. The van der Waals surface area contributed by atoms with Crippen LogP contribution >= 0.6 is 27.3 Å². The highest BCUT2D eigenvalue weighted by Crippen LogP contribution is 2.39. The van der Waals surface area contributed by atoms with Crippen LogP contribution < -0.4 is 11.1 Å². The van der Waals surface area contributed by atoms with Gasteiger partial charge >= 0.3 is 0 Å². The normalized spacial score (nSPS) is 16.1. The zero-order chi connectivity index (χ0) is 16.6. The fraction of sp³-hybridized carbons (Fsp3) is 0.333. The summed E-state index contributed by atoms with van der Waals surface area (Å²) >= 11 is 5.28. The molecule has 1 saturated heterocycles. The number of rotatable bonds is 5. The van der Waals surface area contributed by atoms with E-state index in [1.165, 1.54) is 0 Å². The molecule has 0 spiro atoms. The van der Waals surface area contributed by atoms with Crippen LogP contribution in [0.4, 0.5) is 5.82 Å². The number of pyridine rings is 1.